The van der Waals surface area contributed by atoms with Crippen LogP contribution in [-0.4, -0.2) is 16.3 Å². The molecule has 7 rings (SSSR count). The molecule has 0 saturated heterocycles. The molecule has 1 aliphatic heterocycles. The quantitative estimate of drug-likeness (QED) is 0.548. The minimum atomic E-state index is -0.373. The molecule has 4 saturated carbocycles. The van der Waals surface area contributed by atoms with E-state index in [1.54, 1.807) is 0 Å². The molecule has 4 fully saturated rings. The van der Waals surface area contributed by atoms with E-state index < -0.39 is 0 Å². The molecule has 5 aliphatic rings. The predicted octanol–water partition coefficient (Wildman–Crippen LogP) is 6.65. The van der Waals surface area contributed by atoms with Crippen LogP contribution in [0.15, 0.2) is 53.7 Å². The monoisotopic (exact) mass is 426 g/mol. The molecule has 0 unspecified atom stereocenters. The van der Waals surface area contributed by atoms with Gasteiger partial charge in [0.25, 0.3) is 0 Å². The van der Waals surface area contributed by atoms with Gasteiger partial charge in [0.05, 0.1) is 15.6 Å². The van der Waals surface area contributed by atoms with E-state index in [1.807, 2.05) is 24.3 Å². The number of benzene rings is 2. The van der Waals surface area contributed by atoms with Crippen molar-refractivity contribution in [2.75, 3.05) is 0 Å². The predicted molar refractivity (Wildman–Crippen MR) is 116 cm³/mol. The summed E-state index contributed by atoms with van der Waals surface area (Å²) in [6, 6.07) is 16.1. The summed E-state index contributed by atoms with van der Waals surface area (Å²) < 4.78 is 0. The zero-order valence-corrected chi connectivity index (χ0v) is 17.7. The van der Waals surface area contributed by atoms with Crippen molar-refractivity contribution in [3.8, 4) is 0 Å². The second-order valence-electron chi connectivity index (χ2n) is 9.39. The molecule has 0 aromatic heterocycles. The van der Waals surface area contributed by atoms with E-state index in [2.05, 4.69) is 34.3 Å². The summed E-state index contributed by atoms with van der Waals surface area (Å²) in [7, 11) is 0. The lowest BCUT2D eigenvalue weighted by atomic mass is 9.52. The number of amidine groups is 1. The van der Waals surface area contributed by atoms with Gasteiger partial charge in [-0.25, -0.2) is 0 Å². The molecule has 1 atom stereocenters. The Morgan fingerprint density at radius 1 is 0.828 bits per heavy atom. The van der Waals surface area contributed by atoms with E-state index in [-0.39, 0.29) is 11.8 Å². The zero-order chi connectivity index (χ0) is 19.6. The second-order valence-corrected chi connectivity index (χ2v) is 10.2. The minimum absolute atomic E-state index is 0.0765. The summed E-state index contributed by atoms with van der Waals surface area (Å²) >= 11 is 13.3. The first-order valence-electron chi connectivity index (χ1n) is 10.7. The lowest BCUT2D eigenvalue weighted by molar-refractivity contribution is -0.116. The second kappa shape index (κ2) is 6.65. The van der Waals surface area contributed by atoms with Gasteiger partial charge in [0.15, 0.2) is 5.84 Å². The Morgan fingerprint density at radius 3 is 2.00 bits per heavy atom. The van der Waals surface area contributed by atoms with Gasteiger partial charge < -0.3 is 9.74 Å². The van der Waals surface area contributed by atoms with Crippen molar-refractivity contribution in [2.24, 2.45) is 22.9 Å². The van der Waals surface area contributed by atoms with Crippen molar-refractivity contribution in [1.29, 1.82) is 0 Å². The zero-order valence-electron chi connectivity index (χ0n) is 16.2. The van der Waals surface area contributed by atoms with Crippen LogP contribution in [0.25, 0.3) is 0 Å². The van der Waals surface area contributed by atoms with Gasteiger partial charge in [-0.15, -0.1) is 0 Å². The maximum absolute atomic E-state index is 6.63. The average molecular weight is 427 g/mol. The van der Waals surface area contributed by atoms with E-state index >= 15 is 0 Å². The van der Waals surface area contributed by atoms with E-state index in [4.69, 9.17) is 28.0 Å². The molecule has 29 heavy (non-hydrogen) atoms. The number of hydrogen-bond donors (Lipinski definition) is 0. The number of halogens is 2. The normalized spacial score (nSPS) is 35.0. The van der Waals surface area contributed by atoms with Gasteiger partial charge in [0.2, 0.25) is 6.23 Å². The molecule has 0 spiro atoms. The van der Waals surface area contributed by atoms with Crippen LogP contribution in [0.5, 0.6) is 0 Å². The topological polar surface area (TPSA) is 24.8 Å². The Labute approximate surface area is 181 Å². The van der Waals surface area contributed by atoms with Crippen molar-refractivity contribution in [2.45, 2.75) is 50.3 Å². The Kier molecular flexibility index (Phi) is 4.15. The SMILES string of the molecule is Clc1cccc(Cl)c1[C@@H]1ON=C(c2ccccc2)N1C12CC3CC(CC(C3)C1)C2. The maximum atomic E-state index is 6.63. The molecular weight excluding hydrogens is 403 g/mol. The Balaban J connectivity index is 1.49. The number of nitrogens with zero attached hydrogens (tertiary/aromatic N) is 2. The lowest BCUT2D eigenvalue weighted by Crippen LogP contribution is -2.61. The maximum Gasteiger partial charge on any atom is 0.230 e. The summed E-state index contributed by atoms with van der Waals surface area (Å²) in [5, 5.41) is 5.89. The number of rotatable bonds is 3. The van der Waals surface area contributed by atoms with E-state index in [1.165, 1.54) is 38.5 Å². The molecule has 5 heteroatoms. The molecule has 0 radical (unpaired) electrons. The molecule has 2 aromatic rings. The average Bonchev–Trinajstić information content (AvgIpc) is 3.13. The molecule has 0 amide bonds. The Hall–Kier alpha value is -1.71. The largest absolute Gasteiger partial charge is 0.363 e. The molecule has 1 heterocycles. The lowest BCUT2D eigenvalue weighted by Gasteiger charge is -2.60. The van der Waals surface area contributed by atoms with Crippen molar-refractivity contribution in [1.82, 2.24) is 4.90 Å². The highest BCUT2D eigenvalue weighted by Crippen LogP contribution is 2.60. The van der Waals surface area contributed by atoms with Gasteiger partial charge >= 0.3 is 0 Å². The minimum Gasteiger partial charge on any atom is -0.363 e. The fourth-order valence-corrected chi connectivity index (χ4v) is 7.43. The van der Waals surface area contributed by atoms with Crippen LogP contribution in [0, 0.1) is 17.8 Å². The van der Waals surface area contributed by atoms with Gasteiger partial charge in [0, 0.05) is 11.1 Å². The smallest absolute Gasteiger partial charge is 0.230 e. The van der Waals surface area contributed by atoms with E-state index in [0.29, 0.717) is 10.0 Å². The first-order valence-corrected chi connectivity index (χ1v) is 11.4. The standard InChI is InChI=1S/C24H24Cl2N2O/c25-19-7-4-8-20(26)21(19)23-28(22(27-29-23)18-5-2-1-3-6-18)24-12-15-9-16(13-24)11-17(10-15)14-24/h1-8,15-17,23H,9-14H2/t15?,16?,17?,23-,24?/m0/s1. The first kappa shape index (κ1) is 18.1. The van der Waals surface area contributed by atoms with Gasteiger partial charge in [-0.3, -0.25) is 0 Å². The van der Waals surface area contributed by atoms with Crippen molar-refractivity contribution in [3.63, 3.8) is 0 Å². The Bertz CT molecular complexity index is 919. The third-order valence-electron chi connectivity index (χ3n) is 7.50. The summed E-state index contributed by atoms with van der Waals surface area (Å²) in [5.74, 6) is 3.39. The third-order valence-corrected chi connectivity index (χ3v) is 8.16. The molecule has 4 aliphatic carbocycles. The number of oxime groups is 1. The molecule has 3 nitrogen and oxygen atoms in total. The fourth-order valence-electron chi connectivity index (χ4n) is 6.84. The summed E-state index contributed by atoms with van der Waals surface area (Å²) in [6.45, 7) is 0. The highest BCUT2D eigenvalue weighted by Gasteiger charge is 2.58. The van der Waals surface area contributed by atoms with Crippen LogP contribution in [0.1, 0.15) is 55.9 Å². The first-order chi connectivity index (χ1) is 14.1. The van der Waals surface area contributed by atoms with Crippen LogP contribution in [0.2, 0.25) is 10.0 Å². The van der Waals surface area contributed by atoms with Crippen LogP contribution in [0.4, 0.5) is 0 Å². The summed E-state index contributed by atoms with van der Waals surface area (Å²) in [6.07, 6.45) is 7.45. The van der Waals surface area contributed by atoms with Crippen LogP contribution in [0.3, 0.4) is 0 Å². The highest BCUT2D eigenvalue weighted by atomic mass is 35.5. The highest BCUT2D eigenvalue weighted by molar-refractivity contribution is 6.36. The van der Waals surface area contributed by atoms with Crippen LogP contribution < -0.4 is 0 Å². The van der Waals surface area contributed by atoms with Crippen molar-refractivity contribution < 1.29 is 4.84 Å². The van der Waals surface area contributed by atoms with E-state index in [9.17, 15) is 0 Å². The number of hydrogen-bond acceptors (Lipinski definition) is 3. The van der Waals surface area contributed by atoms with Gasteiger partial charge in [-0.05, 0) is 68.4 Å². The Morgan fingerprint density at radius 2 is 1.41 bits per heavy atom. The molecule has 0 N–H and O–H groups in total. The van der Waals surface area contributed by atoms with Crippen molar-refractivity contribution >= 4 is 29.0 Å². The van der Waals surface area contributed by atoms with Crippen LogP contribution >= 0.6 is 23.2 Å². The molecule has 150 valence electrons. The third kappa shape index (κ3) is 2.81. The van der Waals surface area contributed by atoms with E-state index in [0.717, 1.165) is 34.7 Å². The summed E-state index contributed by atoms with van der Waals surface area (Å²) in [4.78, 5) is 8.57. The van der Waals surface area contributed by atoms with Gasteiger partial charge in [-0.1, -0.05) is 64.8 Å². The summed E-state index contributed by atoms with van der Waals surface area (Å²) in [5.41, 5.74) is 2.00. The van der Waals surface area contributed by atoms with Crippen molar-refractivity contribution in [3.05, 3.63) is 69.7 Å². The molecule has 4 bridgehead atoms. The molecule has 2 aromatic carbocycles. The van der Waals surface area contributed by atoms with Gasteiger partial charge in [-0.2, -0.15) is 0 Å². The molecular formula is C24H24Cl2N2O. The van der Waals surface area contributed by atoms with Gasteiger partial charge in [0.1, 0.15) is 0 Å². The fraction of sp³-hybridized carbons (Fsp3) is 0.458. The van der Waals surface area contributed by atoms with Crippen LogP contribution in [-0.2, 0) is 4.84 Å².